The lowest BCUT2D eigenvalue weighted by Crippen LogP contribution is -2.06. The summed E-state index contributed by atoms with van der Waals surface area (Å²) in [5.41, 5.74) is 2.90. The minimum Gasteiger partial charge on any atom is -0.489 e. The van der Waals surface area contributed by atoms with Gasteiger partial charge in [0.05, 0.1) is 13.0 Å². The van der Waals surface area contributed by atoms with Gasteiger partial charge in [0, 0.05) is 22.2 Å². The first kappa shape index (κ1) is 17.4. The van der Waals surface area contributed by atoms with Gasteiger partial charge in [-0.15, -0.1) is 11.3 Å². The molecule has 130 valence electrons. The molecule has 0 spiro atoms. The molecule has 25 heavy (non-hydrogen) atoms. The lowest BCUT2D eigenvalue weighted by Gasteiger charge is -2.08. The average Bonchev–Trinajstić information content (AvgIpc) is 2.96. The number of carbonyl (C=O) groups is 1. The number of ether oxygens (including phenoxy) is 2. The van der Waals surface area contributed by atoms with Crippen molar-refractivity contribution in [2.75, 3.05) is 6.61 Å². The first-order valence-corrected chi connectivity index (χ1v) is 9.02. The van der Waals surface area contributed by atoms with Crippen LogP contribution in [0.1, 0.15) is 29.6 Å². The highest BCUT2D eigenvalue weighted by molar-refractivity contribution is 7.17. The Morgan fingerprint density at radius 2 is 2.08 bits per heavy atom. The second-order valence-corrected chi connectivity index (χ2v) is 6.63. The molecule has 6 heteroatoms. The summed E-state index contributed by atoms with van der Waals surface area (Å²) in [6.07, 6.45) is 2.10. The van der Waals surface area contributed by atoms with Gasteiger partial charge in [0.15, 0.2) is 0 Å². The van der Waals surface area contributed by atoms with Crippen LogP contribution in [-0.2, 0) is 22.6 Å². The fourth-order valence-corrected chi connectivity index (χ4v) is 3.56. The molecule has 0 radical (unpaired) electrons. The predicted molar refractivity (Wildman–Crippen MR) is 98.0 cm³/mol. The minimum absolute atomic E-state index is 0.197. The van der Waals surface area contributed by atoms with Gasteiger partial charge in [0.2, 0.25) is 0 Å². The van der Waals surface area contributed by atoms with Crippen LogP contribution in [-0.4, -0.2) is 22.5 Å². The molecule has 0 unspecified atom stereocenters. The normalized spacial score (nSPS) is 10.8. The molecule has 0 saturated heterocycles. The van der Waals surface area contributed by atoms with Crippen molar-refractivity contribution in [3.8, 4) is 5.75 Å². The summed E-state index contributed by atoms with van der Waals surface area (Å²) >= 11 is 1.60. The largest absolute Gasteiger partial charge is 0.489 e. The van der Waals surface area contributed by atoms with E-state index in [-0.39, 0.29) is 5.97 Å². The molecule has 0 amide bonds. The number of hydrogen-bond acceptors (Lipinski definition) is 6. The van der Waals surface area contributed by atoms with Crippen molar-refractivity contribution < 1.29 is 14.3 Å². The highest BCUT2D eigenvalue weighted by Crippen LogP contribution is 2.30. The topological polar surface area (TPSA) is 61.3 Å². The standard InChI is InChI=1S/C19H20N2O3S/c1-4-23-19(22)7-14-11-25-18-8-16(5-6-17(14)18)24-10-15-9-20-13(3)21-12(15)2/h5-6,8-9,11H,4,7,10H2,1-3H3. The Bertz CT molecular complexity index is 905. The molecule has 0 bridgehead atoms. The number of fused-ring (bicyclic) bond motifs is 1. The second-order valence-electron chi connectivity index (χ2n) is 5.72. The van der Waals surface area contributed by atoms with E-state index in [4.69, 9.17) is 9.47 Å². The maximum Gasteiger partial charge on any atom is 0.310 e. The fourth-order valence-electron chi connectivity index (χ4n) is 2.57. The van der Waals surface area contributed by atoms with Crippen LogP contribution in [0, 0.1) is 13.8 Å². The van der Waals surface area contributed by atoms with E-state index in [9.17, 15) is 4.79 Å². The van der Waals surface area contributed by atoms with E-state index >= 15 is 0 Å². The van der Waals surface area contributed by atoms with E-state index in [2.05, 4.69) is 9.97 Å². The maximum atomic E-state index is 11.7. The lowest BCUT2D eigenvalue weighted by atomic mass is 10.1. The number of esters is 1. The number of aromatic nitrogens is 2. The summed E-state index contributed by atoms with van der Waals surface area (Å²) in [6.45, 7) is 6.47. The summed E-state index contributed by atoms with van der Waals surface area (Å²) in [4.78, 5) is 20.2. The van der Waals surface area contributed by atoms with Gasteiger partial charge >= 0.3 is 5.97 Å². The smallest absolute Gasteiger partial charge is 0.310 e. The zero-order valence-corrected chi connectivity index (χ0v) is 15.4. The number of carbonyl (C=O) groups excluding carboxylic acids is 1. The number of hydrogen-bond donors (Lipinski definition) is 0. The van der Waals surface area contributed by atoms with Crippen LogP contribution in [0.25, 0.3) is 10.1 Å². The molecule has 0 atom stereocenters. The first-order valence-electron chi connectivity index (χ1n) is 8.14. The highest BCUT2D eigenvalue weighted by Gasteiger charge is 2.11. The molecular weight excluding hydrogens is 336 g/mol. The van der Waals surface area contributed by atoms with Crippen molar-refractivity contribution in [1.29, 1.82) is 0 Å². The van der Waals surface area contributed by atoms with Gasteiger partial charge in [-0.05, 0) is 55.3 Å². The third-order valence-electron chi connectivity index (χ3n) is 3.86. The quantitative estimate of drug-likeness (QED) is 0.625. The molecule has 0 fully saturated rings. The van der Waals surface area contributed by atoms with Crippen LogP contribution in [0.2, 0.25) is 0 Å². The van der Waals surface area contributed by atoms with E-state index in [1.54, 1.807) is 17.5 Å². The molecule has 0 aliphatic heterocycles. The van der Waals surface area contributed by atoms with Gasteiger partial charge in [-0.2, -0.15) is 0 Å². The minimum atomic E-state index is -0.197. The fraction of sp³-hybridized carbons (Fsp3) is 0.316. The van der Waals surface area contributed by atoms with Crippen LogP contribution in [0.15, 0.2) is 29.8 Å². The average molecular weight is 356 g/mol. The number of nitrogens with zero attached hydrogens (tertiary/aromatic N) is 2. The molecule has 2 aromatic heterocycles. The molecule has 2 heterocycles. The molecule has 0 N–H and O–H groups in total. The van der Waals surface area contributed by atoms with Crippen molar-refractivity contribution in [2.24, 2.45) is 0 Å². The molecule has 3 rings (SSSR count). The molecule has 1 aromatic carbocycles. The van der Waals surface area contributed by atoms with E-state index in [1.165, 1.54) is 0 Å². The SMILES string of the molecule is CCOC(=O)Cc1csc2cc(OCc3cnc(C)nc3C)ccc12. The number of thiophene rings is 1. The molecular formula is C19H20N2O3S. The third kappa shape index (κ3) is 4.14. The van der Waals surface area contributed by atoms with E-state index < -0.39 is 0 Å². The molecule has 0 aliphatic carbocycles. The summed E-state index contributed by atoms with van der Waals surface area (Å²) in [6, 6.07) is 5.92. The molecule has 3 aromatic rings. The first-order chi connectivity index (χ1) is 12.1. The Kier molecular flexibility index (Phi) is 5.28. The molecule has 5 nitrogen and oxygen atoms in total. The van der Waals surface area contributed by atoms with Crippen LogP contribution in [0.3, 0.4) is 0 Å². The van der Waals surface area contributed by atoms with Crippen molar-refractivity contribution in [2.45, 2.75) is 33.8 Å². The highest BCUT2D eigenvalue weighted by atomic mass is 32.1. The van der Waals surface area contributed by atoms with Gasteiger partial charge < -0.3 is 9.47 Å². The van der Waals surface area contributed by atoms with Crippen LogP contribution in [0.4, 0.5) is 0 Å². The van der Waals surface area contributed by atoms with E-state index in [1.807, 2.05) is 44.4 Å². The Balaban J connectivity index is 1.72. The van der Waals surface area contributed by atoms with Gasteiger partial charge in [-0.3, -0.25) is 4.79 Å². The van der Waals surface area contributed by atoms with Gasteiger partial charge in [0.1, 0.15) is 18.2 Å². The zero-order valence-electron chi connectivity index (χ0n) is 14.5. The zero-order chi connectivity index (χ0) is 17.8. The van der Waals surface area contributed by atoms with Crippen molar-refractivity contribution in [3.05, 3.63) is 52.4 Å². The Labute approximate surface area is 150 Å². The Hall–Kier alpha value is -2.47. The van der Waals surface area contributed by atoms with Crippen LogP contribution >= 0.6 is 11.3 Å². The third-order valence-corrected chi connectivity index (χ3v) is 4.86. The van der Waals surface area contributed by atoms with Crippen LogP contribution < -0.4 is 4.74 Å². The van der Waals surface area contributed by atoms with E-state index in [0.29, 0.717) is 19.6 Å². The Morgan fingerprint density at radius 3 is 2.84 bits per heavy atom. The number of aryl methyl sites for hydroxylation is 2. The van der Waals surface area contributed by atoms with Crippen molar-refractivity contribution in [1.82, 2.24) is 9.97 Å². The summed E-state index contributed by atoms with van der Waals surface area (Å²) in [5, 5.41) is 3.07. The van der Waals surface area contributed by atoms with Gasteiger partial charge in [-0.25, -0.2) is 9.97 Å². The van der Waals surface area contributed by atoms with Gasteiger partial charge in [0.25, 0.3) is 0 Å². The lowest BCUT2D eigenvalue weighted by molar-refractivity contribution is -0.142. The Morgan fingerprint density at radius 1 is 1.24 bits per heavy atom. The van der Waals surface area contributed by atoms with Crippen molar-refractivity contribution >= 4 is 27.4 Å². The van der Waals surface area contributed by atoms with Crippen molar-refractivity contribution in [3.63, 3.8) is 0 Å². The summed E-state index contributed by atoms with van der Waals surface area (Å²) < 4.78 is 12.0. The summed E-state index contributed by atoms with van der Waals surface area (Å²) in [5.74, 6) is 1.35. The second kappa shape index (κ2) is 7.61. The molecule has 0 saturated carbocycles. The summed E-state index contributed by atoms with van der Waals surface area (Å²) in [7, 11) is 0. The monoisotopic (exact) mass is 356 g/mol. The number of rotatable bonds is 6. The van der Waals surface area contributed by atoms with Crippen LogP contribution in [0.5, 0.6) is 5.75 Å². The number of benzene rings is 1. The van der Waals surface area contributed by atoms with E-state index in [0.717, 1.165) is 38.5 Å². The predicted octanol–water partition coefficient (Wildman–Crippen LogP) is 3.99. The maximum absolute atomic E-state index is 11.7. The van der Waals surface area contributed by atoms with Gasteiger partial charge in [-0.1, -0.05) is 0 Å². The molecule has 0 aliphatic rings.